The van der Waals surface area contributed by atoms with Crippen LogP contribution in [0, 0.1) is 12.7 Å². The average molecular weight is 252 g/mol. The molecule has 1 aromatic carbocycles. The van der Waals surface area contributed by atoms with Gasteiger partial charge in [0.15, 0.2) is 0 Å². The molecule has 2 N–H and O–H groups in total. The van der Waals surface area contributed by atoms with Gasteiger partial charge in [-0.1, -0.05) is 6.07 Å². The minimum Gasteiger partial charge on any atom is -0.392 e. The number of carbonyl (C=O) groups is 1. The van der Waals surface area contributed by atoms with Crippen molar-refractivity contribution in [3.05, 3.63) is 29.6 Å². The van der Waals surface area contributed by atoms with Crippen LogP contribution in [0.5, 0.6) is 0 Å². The van der Waals surface area contributed by atoms with Crippen LogP contribution in [0.25, 0.3) is 0 Å². The number of hydrogen-bond acceptors (Lipinski definition) is 3. The average Bonchev–Trinajstić information content (AvgIpc) is 2.69. The number of benzene rings is 1. The van der Waals surface area contributed by atoms with E-state index in [9.17, 15) is 14.3 Å². The predicted molar refractivity (Wildman–Crippen MR) is 66.8 cm³/mol. The largest absolute Gasteiger partial charge is 0.392 e. The number of anilines is 1. The van der Waals surface area contributed by atoms with Gasteiger partial charge in [0, 0.05) is 18.8 Å². The van der Waals surface area contributed by atoms with Crippen molar-refractivity contribution in [2.24, 2.45) is 0 Å². The highest BCUT2D eigenvalue weighted by molar-refractivity contribution is 5.92. The fourth-order valence-electron chi connectivity index (χ4n) is 2.03. The van der Waals surface area contributed by atoms with Gasteiger partial charge in [-0.15, -0.1) is 0 Å². The number of halogens is 1. The van der Waals surface area contributed by atoms with Crippen LogP contribution in [0.2, 0.25) is 0 Å². The van der Waals surface area contributed by atoms with Crippen molar-refractivity contribution < 1.29 is 14.3 Å². The summed E-state index contributed by atoms with van der Waals surface area (Å²) >= 11 is 0. The molecule has 1 unspecified atom stereocenters. The smallest absolute Gasteiger partial charge is 0.238 e. The Morgan fingerprint density at radius 2 is 2.39 bits per heavy atom. The summed E-state index contributed by atoms with van der Waals surface area (Å²) in [4.78, 5) is 13.6. The van der Waals surface area contributed by atoms with Crippen LogP contribution in [-0.4, -0.2) is 41.7 Å². The molecule has 1 aromatic rings. The van der Waals surface area contributed by atoms with Gasteiger partial charge < -0.3 is 10.4 Å². The Morgan fingerprint density at radius 1 is 1.61 bits per heavy atom. The molecule has 1 aliphatic heterocycles. The van der Waals surface area contributed by atoms with Crippen LogP contribution < -0.4 is 5.32 Å². The lowest BCUT2D eigenvalue weighted by Gasteiger charge is -2.14. The minimum atomic E-state index is -0.338. The van der Waals surface area contributed by atoms with Crippen LogP contribution in [0.1, 0.15) is 12.0 Å². The highest BCUT2D eigenvalue weighted by atomic mass is 19.1. The van der Waals surface area contributed by atoms with Crippen molar-refractivity contribution in [3.63, 3.8) is 0 Å². The summed E-state index contributed by atoms with van der Waals surface area (Å²) in [5, 5.41) is 12.0. The van der Waals surface area contributed by atoms with E-state index in [4.69, 9.17) is 0 Å². The van der Waals surface area contributed by atoms with E-state index in [1.54, 1.807) is 19.1 Å². The molecule has 0 bridgehead atoms. The van der Waals surface area contributed by atoms with Gasteiger partial charge in [0.2, 0.25) is 5.91 Å². The van der Waals surface area contributed by atoms with Gasteiger partial charge in [-0.05, 0) is 31.0 Å². The van der Waals surface area contributed by atoms with E-state index < -0.39 is 0 Å². The third-order valence-corrected chi connectivity index (χ3v) is 3.07. The molecule has 1 atom stereocenters. The lowest BCUT2D eigenvalue weighted by Crippen LogP contribution is -2.32. The van der Waals surface area contributed by atoms with Gasteiger partial charge in [-0.25, -0.2) is 4.39 Å². The van der Waals surface area contributed by atoms with Gasteiger partial charge in [-0.2, -0.15) is 0 Å². The normalized spacial score (nSPS) is 20.1. The molecular formula is C13H17FN2O2. The third-order valence-electron chi connectivity index (χ3n) is 3.07. The number of rotatable bonds is 3. The van der Waals surface area contributed by atoms with Crippen LogP contribution in [0.3, 0.4) is 0 Å². The highest BCUT2D eigenvalue weighted by Gasteiger charge is 2.21. The number of aliphatic hydroxyl groups is 1. The summed E-state index contributed by atoms with van der Waals surface area (Å²) in [6, 6.07) is 4.62. The summed E-state index contributed by atoms with van der Waals surface area (Å²) in [7, 11) is 0. The van der Waals surface area contributed by atoms with E-state index in [1.807, 2.05) is 4.90 Å². The standard InChI is InChI=1S/C13H17FN2O2/c1-9-2-3-10(6-12(9)14)15-13(18)8-16-5-4-11(17)7-16/h2-3,6,11,17H,4-5,7-8H2,1H3,(H,15,18). The van der Waals surface area contributed by atoms with Gasteiger partial charge in [0.1, 0.15) is 5.82 Å². The maximum absolute atomic E-state index is 13.3. The number of aliphatic hydroxyl groups excluding tert-OH is 1. The summed E-state index contributed by atoms with van der Waals surface area (Å²) < 4.78 is 13.3. The highest BCUT2D eigenvalue weighted by Crippen LogP contribution is 2.14. The second-order valence-electron chi connectivity index (χ2n) is 4.69. The topological polar surface area (TPSA) is 52.6 Å². The molecule has 2 rings (SSSR count). The molecule has 0 saturated carbocycles. The maximum Gasteiger partial charge on any atom is 0.238 e. The Hall–Kier alpha value is -1.46. The summed E-state index contributed by atoms with van der Waals surface area (Å²) in [5.41, 5.74) is 1.01. The molecule has 0 radical (unpaired) electrons. The molecule has 1 heterocycles. The van der Waals surface area contributed by atoms with Crippen LogP contribution >= 0.6 is 0 Å². The fraction of sp³-hybridized carbons (Fsp3) is 0.462. The molecule has 0 aromatic heterocycles. The van der Waals surface area contributed by atoms with E-state index in [0.29, 0.717) is 24.2 Å². The number of amides is 1. The molecule has 1 aliphatic rings. The second-order valence-corrected chi connectivity index (χ2v) is 4.69. The first kappa shape index (κ1) is 13.0. The zero-order chi connectivity index (χ0) is 13.1. The molecule has 1 amide bonds. The van der Waals surface area contributed by atoms with Gasteiger partial charge in [0.25, 0.3) is 0 Å². The first-order valence-electron chi connectivity index (χ1n) is 6.01. The van der Waals surface area contributed by atoms with E-state index in [0.717, 1.165) is 6.54 Å². The van der Waals surface area contributed by atoms with Crippen LogP contribution in [0.15, 0.2) is 18.2 Å². The van der Waals surface area contributed by atoms with E-state index in [1.165, 1.54) is 6.07 Å². The minimum absolute atomic E-state index is 0.188. The predicted octanol–water partition coefficient (Wildman–Crippen LogP) is 1.14. The SMILES string of the molecule is Cc1ccc(NC(=O)CN2CCC(O)C2)cc1F. The number of nitrogens with zero attached hydrogens (tertiary/aromatic N) is 1. The van der Waals surface area contributed by atoms with Crippen LogP contribution in [0.4, 0.5) is 10.1 Å². The summed E-state index contributed by atoms with van der Waals surface area (Å²) in [6.45, 7) is 3.14. The molecule has 1 fully saturated rings. The first-order chi connectivity index (χ1) is 8.54. The monoisotopic (exact) mass is 252 g/mol. The molecule has 98 valence electrons. The Kier molecular flexibility index (Phi) is 3.93. The zero-order valence-corrected chi connectivity index (χ0v) is 10.3. The Bertz CT molecular complexity index is 451. The third kappa shape index (κ3) is 3.27. The summed E-state index contributed by atoms with van der Waals surface area (Å²) in [5.74, 6) is -0.517. The molecule has 4 nitrogen and oxygen atoms in total. The quantitative estimate of drug-likeness (QED) is 0.848. The van der Waals surface area contributed by atoms with E-state index >= 15 is 0 Å². The van der Waals surface area contributed by atoms with Crippen molar-refractivity contribution >= 4 is 11.6 Å². The molecule has 1 saturated heterocycles. The molecule has 18 heavy (non-hydrogen) atoms. The molecule has 0 aliphatic carbocycles. The van der Waals surface area contributed by atoms with Gasteiger partial charge >= 0.3 is 0 Å². The Balaban J connectivity index is 1.89. The van der Waals surface area contributed by atoms with E-state index in [2.05, 4.69) is 5.32 Å². The number of carbonyl (C=O) groups excluding carboxylic acids is 1. The lowest BCUT2D eigenvalue weighted by molar-refractivity contribution is -0.117. The fourth-order valence-corrected chi connectivity index (χ4v) is 2.03. The van der Waals surface area contributed by atoms with Gasteiger partial charge in [0.05, 0.1) is 12.6 Å². The van der Waals surface area contributed by atoms with Gasteiger partial charge in [-0.3, -0.25) is 9.69 Å². The van der Waals surface area contributed by atoms with E-state index in [-0.39, 0.29) is 24.4 Å². The Labute approximate surface area is 105 Å². The van der Waals surface area contributed by atoms with Crippen molar-refractivity contribution in [1.82, 2.24) is 4.90 Å². The molecule has 5 heteroatoms. The Morgan fingerprint density at radius 3 is 3.00 bits per heavy atom. The number of hydrogen-bond donors (Lipinski definition) is 2. The zero-order valence-electron chi connectivity index (χ0n) is 10.3. The van der Waals surface area contributed by atoms with Crippen molar-refractivity contribution in [2.45, 2.75) is 19.4 Å². The number of aryl methyl sites for hydroxylation is 1. The molecule has 0 spiro atoms. The number of β-amino-alcohol motifs (C(OH)–C–C–N with tert-alkyl or cyclic N) is 1. The molecular weight excluding hydrogens is 235 g/mol. The van der Waals surface area contributed by atoms with Crippen LogP contribution in [-0.2, 0) is 4.79 Å². The van der Waals surface area contributed by atoms with Crippen molar-refractivity contribution in [2.75, 3.05) is 25.0 Å². The lowest BCUT2D eigenvalue weighted by atomic mass is 10.2. The first-order valence-corrected chi connectivity index (χ1v) is 6.01. The number of likely N-dealkylation sites (tertiary alicyclic amines) is 1. The maximum atomic E-state index is 13.3. The summed E-state index contributed by atoms with van der Waals surface area (Å²) in [6.07, 6.45) is 0.363. The van der Waals surface area contributed by atoms with Crippen molar-refractivity contribution in [1.29, 1.82) is 0 Å². The second kappa shape index (κ2) is 5.46. The van der Waals surface area contributed by atoms with Crippen molar-refractivity contribution in [3.8, 4) is 0 Å². The number of nitrogens with one attached hydrogen (secondary N) is 1.